The lowest BCUT2D eigenvalue weighted by Gasteiger charge is -2.46. The highest BCUT2D eigenvalue weighted by atomic mass is 32.2. The van der Waals surface area contributed by atoms with Gasteiger partial charge in [0.15, 0.2) is 12.2 Å². The van der Waals surface area contributed by atoms with Crippen LogP contribution in [0, 0.1) is 0 Å². The third kappa shape index (κ3) is 6.26. The van der Waals surface area contributed by atoms with Crippen molar-refractivity contribution < 1.29 is 41.1 Å². The molecule has 3 aromatic carbocycles. The van der Waals surface area contributed by atoms with Gasteiger partial charge in [-0.3, -0.25) is 4.18 Å². The molecule has 39 heavy (non-hydrogen) atoms. The number of hydrogen-bond donors (Lipinski definition) is 1. The van der Waals surface area contributed by atoms with Gasteiger partial charge in [-0.1, -0.05) is 60.3 Å². The topological polar surface area (TPSA) is 126 Å². The molecule has 0 saturated carbocycles. The molecule has 204 valence electrons. The van der Waals surface area contributed by atoms with E-state index < -0.39 is 58.6 Å². The number of hydrogen-bond acceptors (Lipinski definition) is 10. The molecule has 10 nitrogen and oxygen atoms in total. The fourth-order valence-corrected chi connectivity index (χ4v) is 6.58. The van der Waals surface area contributed by atoms with E-state index in [9.17, 15) is 18.0 Å². The Hall–Kier alpha value is -3.42. The molecule has 1 N–H and O–H groups in total. The third-order valence-corrected chi connectivity index (χ3v) is 8.37. The van der Waals surface area contributed by atoms with Crippen molar-refractivity contribution in [2.75, 3.05) is 13.7 Å². The van der Waals surface area contributed by atoms with Gasteiger partial charge in [-0.15, -0.1) is 0 Å². The second-order valence-corrected chi connectivity index (χ2v) is 11.2. The van der Waals surface area contributed by atoms with E-state index in [1.165, 1.54) is 18.9 Å². The number of carbonyl (C=O) groups is 2. The Morgan fingerprint density at radius 1 is 0.846 bits per heavy atom. The fourth-order valence-electron chi connectivity index (χ4n) is 4.28. The molecule has 2 aliphatic rings. The van der Waals surface area contributed by atoms with Crippen LogP contribution in [0.4, 0.5) is 0 Å². The first-order valence-corrected chi connectivity index (χ1v) is 14.3. The van der Waals surface area contributed by atoms with Gasteiger partial charge < -0.3 is 18.9 Å². The van der Waals surface area contributed by atoms with E-state index in [2.05, 4.69) is 4.72 Å². The number of fused-ring (bicyclic) bond motifs is 3. The summed E-state index contributed by atoms with van der Waals surface area (Å²) in [5.74, 6) is -0.852. The van der Waals surface area contributed by atoms with Crippen molar-refractivity contribution in [3.8, 4) is 5.75 Å². The zero-order valence-electron chi connectivity index (χ0n) is 20.7. The lowest BCUT2D eigenvalue weighted by atomic mass is 9.97. The van der Waals surface area contributed by atoms with E-state index >= 15 is 0 Å². The van der Waals surface area contributed by atoms with Crippen molar-refractivity contribution in [2.45, 2.75) is 34.7 Å². The molecule has 12 heteroatoms. The second-order valence-electron chi connectivity index (χ2n) is 8.67. The van der Waals surface area contributed by atoms with Gasteiger partial charge >= 0.3 is 22.2 Å². The summed E-state index contributed by atoms with van der Waals surface area (Å²) >= 11 is 1.18. The summed E-state index contributed by atoms with van der Waals surface area (Å²) < 4.78 is 56.3. The van der Waals surface area contributed by atoms with Crippen LogP contribution in [0.3, 0.4) is 0 Å². The summed E-state index contributed by atoms with van der Waals surface area (Å²) in [5.41, 5.74) is -0.382. The minimum absolute atomic E-state index is 0.248. The van der Waals surface area contributed by atoms with Gasteiger partial charge in [0.25, 0.3) is 0 Å². The molecule has 5 atom stereocenters. The van der Waals surface area contributed by atoms with E-state index in [0.29, 0.717) is 10.6 Å². The van der Waals surface area contributed by atoms with E-state index in [0.717, 1.165) is 0 Å². The maximum atomic E-state index is 13.2. The molecule has 0 radical (unpaired) electrons. The lowest BCUT2D eigenvalue weighted by molar-refractivity contribution is -0.174. The number of para-hydroxylation sites is 1. The van der Waals surface area contributed by atoms with Crippen LogP contribution >= 0.6 is 11.8 Å². The molecular formula is C27H25NO9S2. The van der Waals surface area contributed by atoms with Crippen molar-refractivity contribution in [1.29, 1.82) is 0 Å². The highest BCUT2D eigenvalue weighted by Gasteiger charge is 2.54. The maximum absolute atomic E-state index is 13.2. The molecule has 2 fully saturated rings. The molecule has 0 unspecified atom stereocenters. The predicted octanol–water partition coefficient (Wildman–Crippen LogP) is 3.20. The summed E-state index contributed by atoms with van der Waals surface area (Å²) in [6.07, 6.45) is -3.52. The number of thioether (sulfide) groups is 1. The highest BCUT2D eigenvalue weighted by molar-refractivity contribution is 8.00. The molecule has 2 bridgehead atoms. The molecule has 0 aliphatic carbocycles. The predicted molar refractivity (Wildman–Crippen MR) is 141 cm³/mol. The average molecular weight is 572 g/mol. The second kappa shape index (κ2) is 11.8. The Balaban J connectivity index is 1.52. The Morgan fingerprint density at radius 2 is 1.41 bits per heavy atom. The minimum atomic E-state index is -4.26. The third-order valence-electron chi connectivity index (χ3n) is 6.13. The van der Waals surface area contributed by atoms with Crippen LogP contribution in [0.2, 0.25) is 0 Å². The number of nitrogens with one attached hydrogen (secondary N) is 1. The number of rotatable bonds is 7. The Kier molecular flexibility index (Phi) is 8.19. The number of benzene rings is 3. The molecule has 0 spiro atoms. The molecule has 0 aromatic heterocycles. The van der Waals surface area contributed by atoms with Crippen LogP contribution in [0.1, 0.15) is 20.7 Å². The molecule has 2 aliphatic heterocycles. The van der Waals surface area contributed by atoms with Gasteiger partial charge in [0, 0.05) is 0 Å². The van der Waals surface area contributed by atoms with Crippen LogP contribution in [0.5, 0.6) is 5.75 Å². The zero-order chi connectivity index (χ0) is 27.4. The Labute approximate surface area is 229 Å². The van der Waals surface area contributed by atoms with Gasteiger partial charge in [0.05, 0.1) is 29.7 Å². The van der Waals surface area contributed by atoms with Crippen molar-refractivity contribution in [2.24, 2.45) is 0 Å². The maximum Gasteiger partial charge on any atom is 0.338 e. The largest absolute Gasteiger partial charge is 0.496 e. The van der Waals surface area contributed by atoms with E-state index in [1.807, 2.05) is 0 Å². The fraction of sp³-hybridized carbons (Fsp3) is 0.259. The zero-order valence-corrected chi connectivity index (χ0v) is 22.3. The number of carbonyl (C=O) groups excluding carboxylic acids is 2. The van der Waals surface area contributed by atoms with Crippen molar-refractivity contribution >= 4 is 34.0 Å². The minimum Gasteiger partial charge on any atom is -0.496 e. The summed E-state index contributed by atoms with van der Waals surface area (Å²) in [6, 6.07) is 22.5. The summed E-state index contributed by atoms with van der Waals surface area (Å²) in [7, 11) is -2.74. The van der Waals surface area contributed by atoms with E-state index in [4.69, 9.17) is 23.1 Å². The van der Waals surface area contributed by atoms with Crippen LogP contribution in [0.25, 0.3) is 0 Å². The average Bonchev–Trinajstić information content (AvgIpc) is 2.95. The molecular weight excluding hydrogens is 546 g/mol. The Morgan fingerprint density at radius 3 is 2.03 bits per heavy atom. The van der Waals surface area contributed by atoms with Crippen LogP contribution in [0.15, 0.2) is 89.8 Å². The normalized spacial score (nSPS) is 25.6. The van der Waals surface area contributed by atoms with Gasteiger partial charge in [-0.2, -0.15) is 13.1 Å². The number of esters is 2. The van der Waals surface area contributed by atoms with Crippen LogP contribution < -0.4 is 9.46 Å². The first-order chi connectivity index (χ1) is 18.8. The molecule has 5 rings (SSSR count). The first-order valence-electron chi connectivity index (χ1n) is 12.0. The SMILES string of the molecule is COc1ccccc1S[C@H]1O[C@@H]2COS(=O)(=O)N[C@H]1[C@@H](OC(=O)c1ccccc1)[C@@H]2OC(=O)c1ccccc1. The van der Waals surface area contributed by atoms with E-state index in [1.54, 1.807) is 84.9 Å². The number of ether oxygens (including phenoxy) is 4. The summed E-state index contributed by atoms with van der Waals surface area (Å²) in [4.78, 5) is 26.9. The first kappa shape index (κ1) is 27.2. The molecule has 2 heterocycles. The lowest BCUT2D eigenvalue weighted by Crippen LogP contribution is -2.67. The van der Waals surface area contributed by atoms with Gasteiger partial charge in [-0.05, 0) is 36.4 Å². The van der Waals surface area contributed by atoms with Crippen LogP contribution in [-0.2, 0) is 28.7 Å². The monoisotopic (exact) mass is 571 g/mol. The Bertz CT molecular complexity index is 1420. The highest BCUT2D eigenvalue weighted by Crippen LogP contribution is 2.40. The number of methoxy groups -OCH3 is 1. The smallest absolute Gasteiger partial charge is 0.338 e. The van der Waals surface area contributed by atoms with Crippen LogP contribution in [-0.4, -0.2) is 63.9 Å². The van der Waals surface area contributed by atoms with E-state index in [-0.39, 0.29) is 11.1 Å². The van der Waals surface area contributed by atoms with Gasteiger partial charge in [-0.25, -0.2) is 9.59 Å². The molecule has 2 saturated heterocycles. The standard InChI is InChI=1S/C27H25NO9S2/c1-33-19-14-8-9-15-21(19)38-27-22-24(37-26(30)18-12-6-3-7-13-18)23(20(35-27)16-34-39(31,32)28-22)36-25(29)17-10-4-2-5-11-17/h2-15,20,22-24,27-28H,16H2,1H3/t20-,22+,23-,24-,27-/m1/s1. The summed E-state index contributed by atoms with van der Waals surface area (Å²) in [5, 5.41) is 0. The van der Waals surface area contributed by atoms with Crippen molar-refractivity contribution in [1.82, 2.24) is 4.72 Å². The van der Waals surface area contributed by atoms with Gasteiger partial charge in [0.1, 0.15) is 23.3 Å². The molecule has 3 aromatic rings. The quantitative estimate of drug-likeness (QED) is 0.423. The summed E-state index contributed by atoms with van der Waals surface area (Å²) in [6.45, 7) is -0.475. The van der Waals surface area contributed by atoms with Crippen molar-refractivity contribution in [3.05, 3.63) is 96.1 Å². The van der Waals surface area contributed by atoms with Crippen molar-refractivity contribution in [3.63, 3.8) is 0 Å². The van der Waals surface area contributed by atoms with Gasteiger partial charge in [0.2, 0.25) is 0 Å². The molecule has 0 amide bonds.